The van der Waals surface area contributed by atoms with Crippen molar-refractivity contribution in [3.05, 3.63) is 157 Å². The van der Waals surface area contributed by atoms with Gasteiger partial charge in [-0.25, -0.2) is 0 Å². The van der Waals surface area contributed by atoms with Crippen molar-refractivity contribution in [1.29, 1.82) is 0 Å². The lowest BCUT2D eigenvalue weighted by atomic mass is 9.83. The van der Waals surface area contributed by atoms with Crippen molar-refractivity contribution in [2.45, 2.75) is 26.2 Å². The molecule has 0 unspecified atom stereocenters. The summed E-state index contributed by atoms with van der Waals surface area (Å²) in [6, 6.07) is 53.6. The topological polar surface area (TPSA) is 0 Å². The number of thiophene rings is 1. The Labute approximate surface area is 281 Å². The summed E-state index contributed by atoms with van der Waals surface area (Å²) in [6.07, 6.45) is 0. The average molecular weight is 620 g/mol. The quantitative estimate of drug-likeness (QED) is 0.173. The number of hydrogen-bond acceptors (Lipinski definition) is 1. The van der Waals surface area contributed by atoms with E-state index in [1.807, 2.05) is 23.5 Å². The van der Waals surface area contributed by atoms with E-state index in [1.165, 1.54) is 80.7 Å². The van der Waals surface area contributed by atoms with E-state index in [0.717, 1.165) is 10.8 Å². The van der Waals surface area contributed by atoms with Gasteiger partial charge in [0.15, 0.2) is 0 Å². The number of benzene rings is 8. The van der Waals surface area contributed by atoms with Crippen LogP contribution in [0.1, 0.15) is 27.7 Å². The minimum atomic E-state index is 0.0857. The van der Waals surface area contributed by atoms with Gasteiger partial charge in [0, 0.05) is 20.2 Å². The maximum absolute atomic E-state index is 8.09. The van der Waals surface area contributed by atoms with E-state index < -0.39 is 0 Å². The lowest BCUT2D eigenvalue weighted by Crippen LogP contribution is -2.10. The van der Waals surface area contributed by atoms with Crippen molar-refractivity contribution < 1.29 is 1.37 Å². The van der Waals surface area contributed by atoms with Gasteiger partial charge in [-0.15, -0.1) is 11.3 Å². The van der Waals surface area contributed by atoms with Crippen molar-refractivity contribution in [3.63, 3.8) is 0 Å². The lowest BCUT2D eigenvalue weighted by Gasteiger charge is -2.20. The average Bonchev–Trinajstić information content (AvgIpc) is 3.48. The Morgan fingerprint density at radius 1 is 0.468 bits per heavy atom. The maximum Gasteiger partial charge on any atom is 0.0623 e. The van der Waals surface area contributed by atoms with Crippen LogP contribution in [-0.4, -0.2) is 0 Å². The first-order valence-corrected chi connectivity index (χ1v) is 17.2. The Balaban J connectivity index is 1.30. The summed E-state index contributed by atoms with van der Waals surface area (Å²) in [5, 5.41) is 9.89. The highest BCUT2D eigenvalue weighted by molar-refractivity contribution is 7.26. The molecule has 47 heavy (non-hydrogen) atoms. The summed E-state index contributed by atoms with van der Waals surface area (Å²) in [5.74, 6) is 0. The predicted molar refractivity (Wildman–Crippen MR) is 207 cm³/mol. The first-order valence-electron chi connectivity index (χ1n) is 16.8. The maximum atomic E-state index is 8.09. The minimum absolute atomic E-state index is 0.0857. The second-order valence-electron chi connectivity index (χ2n) is 13.6. The van der Waals surface area contributed by atoms with Gasteiger partial charge in [0.1, 0.15) is 0 Å². The molecule has 0 aliphatic carbocycles. The van der Waals surface area contributed by atoms with Gasteiger partial charge in [0.2, 0.25) is 0 Å². The van der Waals surface area contributed by atoms with Crippen molar-refractivity contribution in [3.8, 4) is 33.4 Å². The minimum Gasteiger partial charge on any atom is -0.135 e. The zero-order valence-corrected chi connectivity index (χ0v) is 27.6. The van der Waals surface area contributed by atoms with Gasteiger partial charge in [-0.2, -0.15) is 0 Å². The molecule has 0 nitrogen and oxygen atoms in total. The standard InChI is InChI=1S/C46H34S/c1-46(2,3)41-22-12-21-39-40-28-31(25-26-42(40)47-45(39)41)33-15-6-7-16-34(33)44-37-19-10-8-17-35(37)43(36-18-9-11-20-38(36)44)32-24-23-29-13-4-5-14-30(29)27-32/h4-28H,1-3H3/i4D. The van der Waals surface area contributed by atoms with Crippen molar-refractivity contribution in [2.24, 2.45) is 0 Å². The van der Waals surface area contributed by atoms with Crippen LogP contribution in [0.3, 0.4) is 0 Å². The van der Waals surface area contributed by atoms with Crippen LogP contribution in [0.2, 0.25) is 0 Å². The summed E-state index contributed by atoms with van der Waals surface area (Å²) in [4.78, 5) is 0. The molecule has 0 amide bonds. The highest BCUT2D eigenvalue weighted by Gasteiger charge is 2.21. The van der Waals surface area contributed by atoms with Crippen LogP contribution < -0.4 is 0 Å². The number of hydrogen-bond donors (Lipinski definition) is 0. The van der Waals surface area contributed by atoms with E-state index in [9.17, 15) is 0 Å². The predicted octanol–water partition coefficient (Wildman–Crippen LogP) is 13.8. The second-order valence-corrected chi connectivity index (χ2v) is 14.7. The smallest absolute Gasteiger partial charge is 0.0623 e. The molecule has 9 rings (SSSR count). The molecule has 0 spiro atoms. The lowest BCUT2D eigenvalue weighted by molar-refractivity contribution is 0.597. The molecule has 9 aromatic rings. The molecular formula is C46H34S. The summed E-state index contributed by atoms with van der Waals surface area (Å²) < 4.78 is 10.8. The third-order valence-electron chi connectivity index (χ3n) is 9.72. The van der Waals surface area contributed by atoms with Gasteiger partial charge in [-0.3, -0.25) is 0 Å². The largest absolute Gasteiger partial charge is 0.135 e. The number of fused-ring (bicyclic) bond motifs is 6. The van der Waals surface area contributed by atoms with Crippen LogP contribution in [0.25, 0.3) is 85.9 Å². The zero-order chi connectivity index (χ0) is 32.6. The fourth-order valence-corrected chi connectivity index (χ4v) is 8.93. The number of rotatable bonds is 3. The third kappa shape index (κ3) is 4.49. The van der Waals surface area contributed by atoms with Gasteiger partial charge < -0.3 is 0 Å². The Bertz CT molecular complexity index is 2670. The normalized spacial score (nSPS) is 12.4. The SMILES string of the molecule is [2H]c1ccc2cc(-c3c4ccccc4c(-c4ccccc4-c4ccc5sc6c(C(C)(C)C)cccc6c5c4)c4ccccc34)ccc2c1. The Hall–Kier alpha value is -5.24. The van der Waals surface area contributed by atoms with Crippen LogP contribution in [0.15, 0.2) is 152 Å². The first kappa shape index (κ1) is 26.9. The summed E-state index contributed by atoms with van der Waals surface area (Å²) in [5.41, 5.74) is 8.93. The molecule has 224 valence electrons. The molecule has 8 aromatic carbocycles. The molecule has 0 N–H and O–H groups in total. The molecule has 0 saturated carbocycles. The summed E-state index contributed by atoms with van der Waals surface area (Å²) in [7, 11) is 0. The van der Waals surface area contributed by atoms with Crippen LogP contribution in [0, 0.1) is 0 Å². The molecule has 0 aliphatic heterocycles. The summed E-state index contributed by atoms with van der Waals surface area (Å²) in [6.45, 7) is 6.92. The molecule has 1 heterocycles. The van der Waals surface area contributed by atoms with Gasteiger partial charge in [0.25, 0.3) is 0 Å². The fourth-order valence-electron chi connectivity index (χ4n) is 7.52. The van der Waals surface area contributed by atoms with Crippen LogP contribution in [-0.2, 0) is 5.41 Å². The molecule has 1 heteroatoms. The first-order chi connectivity index (χ1) is 23.3. The van der Waals surface area contributed by atoms with E-state index in [2.05, 4.69) is 154 Å². The van der Waals surface area contributed by atoms with Gasteiger partial charge >= 0.3 is 0 Å². The monoisotopic (exact) mass is 619 g/mol. The molecule has 0 atom stereocenters. The van der Waals surface area contributed by atoms with Crippen molar-refractivity contribution in [1.82, 2.24) is 0 Å². The molecule has 0 radical (unpaired) electrons. The van der Waals surface area contributed by atoms with E-state index in [-0.39, 0.29) is 5.41 Å². The van der Waals surface area contributed by atoms with Crippen LogP contribution in [0.5, 0.6) is 0 Å². The third-order valence-corrected chi connectivity index (χ3v) is 10.9. The highest BCUT2D eigenvalue weighted by Crippen LogP contribution is 2.47. The zero-order valence-electron chi connectivity index (χ0n) is 27.8. The second kappa shape index (κ2) is 10.7. The molecular weight excluding hydrogens is 585 g/mol. The summed E-state index contributed by atoms with van der Waals surface area (Å²) >= 11 is 1.91. The van der Waals surface area contributed by atoms with Gasteiger partial charge in [-0.1, -0.05) is 154 Å². The fraction of sp³-hybridized carbons (Fsp3) is 0.0870. The molecule has 0 saturated heterocycles. The van der Waals surface area contributed by atoms with Crippen molar-refractivity contribution >= 4 is 63.8 Å². The molecule has 0 aliphatic rings. The van der Waals surface area contributed by atoms with E-state index in [0.29, 0.717) is 6.04 Å². The van der Waals surface area contributed by atoms with Gasteiger partial charge in [-0.05, 0) is 94.9 Å². The van der Waals surface area contributed by atoms with E-state index >= 15 is 0 Å². The molecule has 1 aromatic heterocycles. The Morgan fingerprint density at radius 3 is 1.83 bits per heavy atom. The van der Waals surface area contributed by atoms with E-state index in [4.69, 9.17) is 1.37 Å². The van der Waals surface area contributed by atoms with E-state index in [1.54, 1.807) is 0 Å². The Kier molecular flexibility index (Phi) is 6.11. The van der Waals surface area contributed by atoms with Crippen LogP contribution in [0.4, 0.5) is 0 Å². The highest BCUT2D eigenvalue weighted by atomic mass is 32.1. The Morgan fingerprint density at radius 2 is 1.11 bits per heavy atom. The molecule has 0 bridgehead atoms. The van der Waals surface area contributed by atoms with Gasteiger partial charge in [0.05, 0.1) is 1.37 Å². The molecule has 0 fully saturated rings. The van der Waals surface area contributed by atoms with Crippen LogP contribution >= 0.6 is 11.3 Å². The van der Waals surface area contributed by atoms with Crippen molar-refractivity contribution in [2.75, 3.05) is 0 Å².